The first kappa shape index (κ1) is 22.7. The number of nitro groups is 1. The van der Waals surface area contributed by atoms with E-state index >= 15 is 0 Å². The molecule has 0 amide bonds. The number of halogens is 1. The standard InChI is InChI=1S/C23H16FNO6S/c1-31-23(26)19-8-13-22(18(14-19)7-2-16-3-9-20(24)10-4-16)32(29,30)15-17-5-11-21(12-6-17)25(27)28/h3-6,8-14H,15H2,1H3. The minimum absolute atomic E-state index is 0.0686. The van der Waals surface area contributed by atoms with Crippen LogP contribution in [0.4, 0.5) is 10.1 Å². The number of hydrogen-bond donors (Lipinski definition) is 0. The van der Waals surface area contributed by atoms with E-state index in [1.54, 1.807) is 0 Å². The molecule has 0 saturated carbocycles. The molecule has 7 nitrogen and oxygen atoms in total. The summed E-state index contributed by atoms with van der Waals surface area (Å²) < 4.78 is 44.0. The Balaban J connectivity index is 2.02. The van der Waals surface area contributed by atoms with E-state index in [-0.39, 0.29) is 21.7 Å². The number of rotatable bonds is 5. The van der Waals surface area contributed by atoms with Crippen molar-refractivity contribution < 1.29 is 27.3 Å². The highest BCUT2D eigenvalue weighted by Crippen LogP contribution is 2.23. The Hall–Kier alpha value is -4.03. The number of nitro benzene ring substituents is 1. The first-order valence-electron chi connectivity index (χ1n) is 9.15. The molecule has 0 aliphatic heterocycles. The minimum Gasteiger partial charge on any atom is -0.465 e. The van der Waals surface area contributed by atoms with Crippen molar-refractivity contribution in [2.75, 3.05) is 7.11 Å². The molecule has 0 heterocycles. The molecule has 0 bridgehead atoms. The zero-order valence-electron chi connectivity index (χ0n) is 16.7. The van der Waals surface area contributed by atoms with Crippen LogP contribution < -0.4 is 0 Å². The van der Waals surface area contributed by atoms with E-state index in [2.05, 4.69) is 16.6 Å². The van der Waals surface area contributed by atoms with Crippen LogP contribution in [0.5, 0.6) is 0 Å². The zero-order chi connectivity index (χ0) is 23.3. The van der Waals surface area contributed by atoms with E-state index in [1.807, 2.05) is 0 Å². The first-order valence-corrected chi connectivity index (χ1v) is 10.8. The quantitative estimate of drug-likeness (QED) is 0.251. The van der Waals surface area contributed by atoms with Crippen LogP contribution in [0, 0.1) is 27.8 Å². The molecule has 0 N–H and O–H groups in total. The van der Waals surface area contributed by atoms with Crippen LogP contribution in [0.2, 0.25) is 0 Å². The van der Waals surface area contributed by atoms with Gasteiger partial charge < -0.3 is 4.74 Å². The van der Waals surface area contributed by atoms with E-state index in [0.29, 0.717) is 11.1 Å². The molecule has 0 saturated heterocycles. The predicted octanol–water partition coefficient (Wildman–Crippen LogP) is 3.89. The SMILES string of the molecule is COC(=O)c1ccc(S(=O)(=O)Cc2ccc([N+](=O)[O-])cc2)c(C#Cc2ccc(F)cc2)c1. The van der Waals surface area contributed by atoms with Gasteiger partial charge in [-0.25, -0.2) is 17.6 Å². The maximum Gasteiger partial charge on any atom is 0.337 e. The number of sulfone groups is 1. The summed E-state index contributed by atoms with van der Waals surface area (Å²) in [5, 5.41) is 10.8. The van der Waals surface area contributed by atoms with Gasteiger partial charge in [-0.3, -0.25) is 10.1 Å². The summed E-state index contributed by atoms with van der Waals surface area (Å²) in [5.41, 5.74) is 0.836. The molecule has 0 unspecified atom stereocenters. The van der Waals surface area contributed by atoms with Gasteiger partial charge in [-0.05, 0) is 48.0 Å². The van der Waals surface area contributed by atoms with E-state index in [9.17, 15) is 27.7 Å². The maximum atomic E-state index is 13.1. The Morgan fingerprint density at radius 3 is 2.28 bits per heavy atom. The molecule has 3 aromatic carbocycles. The lowest BCUT2D eigenvalue weighted by Crippen LogP contribution is -2.09. The summed E-state index contributed by atoms with van der Waals surface area (Å²) in [5.74, 6) is 3.98. The number of ether oxygens (including phenoxy) is 1. The minimum atomic E-state index is -3.92. The molecule has 0 fully saturated rings. The maximum absolute atomic E-state index is 13.1. The van der Waals surface area contributed by atoms with Gasteiger partial charge in [0.15, 0.2) is 9.84 Å². The molecule has 0 spiro atoms. The van der Waals surface area contributed by atoms with Gasteiger partial charge in [-0.15, -0.1) is 0 Å². The average Bonchev–Trinajstić information content (AvgIpc) is 2.78. The number of hydrogen-bond acceptors (Lipinski definition) is 6. The summed E-state index contributed by atoms with van der Waals surface area (Å²) in [4.78, 5) is 22.0. The van der Waals surface area contributed by atoms with Crippen molar-refractivity contribution in [2.45, 2.75) is 10.6 Å². The van der Waals surface area contributed by atoms with Gasteiger partial charge >= 0.3 is 5.97 Å². The highest BCUT2D eigenvalue weighted by Gasteiger charge is 2.21. The second-order valence-corrected chi connectivity index (χ2v) is 8.60. The third-order valence-corrected chi connectivity index (χ3v) is 6.16. The molecule has 3 aromatic rings. The third kappa shape index (κ3) is 5.36. The van der Waals surface area contributed by atoms with Gasteiger partial charge in [0.05, 0.1) is 28.2 Å². The molecule has 0 aliphatic carbocycles. The van der Waals surface area contributed by atoms with Crippen LogP contribution in [-0.4, -0.2) is 26.4 Å². The molecule has 0 aromatic heterocycles. The molecule has 9 heteroatoms. The molecular formula is C23H16FNO6S. The fourth-order valence-electron chi connectivity index (χ4n) is 2.83. The number of non-ortho nitro benzene ring substituents is 1. The van der Waals surface area contributed by atoms with Crippen LogP contribution >= 0.6 is 0 Å². The second-order valence-electron chi connectivity index (χ2n) is 6.64. The topological polar surface area (TPSA) is 104 Å². The lowest BCUT2D eigenvalue weighted by Gasteiger charge is -2.09. The Kier molecular flexibility index (Phi) is 6.66. The molecule has 0 aliphatic rings. The largest absolute Gasteiger partial charge is 0.465 e. The number of carbonyl (C=O) groups excluding carboxylic acids is 1. The number of carbonyl (C=O) groups is 1. The summed E-state index contributed by atoms with van der Waals surface area (Å²) >= 11 is 0. The van der Waals surface area contributed by atoms with Gasteiger partial charge in [0.25, 0.3) is 5.69 Å². The summed E-state index contributed by atoms with van der Waals surface area (Å²) in [6.07, 6.45) is 0. The van der Waals surface area contributed by atoms with Crippen molar-refractivity contribution in [1.29, 1.82) is 0 Å². The zero-order valence-corrected chi connectivity index (χ0v) is 17.6. The highest BCUT2D eigenvalue weighted by molar-refractivity contribution is 7.90. The molecule has 0 atom stereocenters. The van der Waals surface area contributed by atoms with Crippen molar-refractivity contribution in [1.82, 2.24) is 0 Å². The van der Waals surface area contributed by atoms with Gasteiger partial charge in [0.2, 0.25) is 0 Å². The summed E-state index contributed by atoms with van der Waals surface area (Å²) in [6, 6.07) is 14.4. The first-order chi connectivity index (χ1) is 15.2. The lowest BCUT2D eigenvalue weighted by molar-refractivity contribution is -0.384. The number of methoxy groups -OCH3 is 1. The van der Waals surface area contributed by atoms with Gasteiger partial charge in [0.1, 0.15) is 5.82 Å². The van der Waals surface area contributed by atoms with Crippen molar-refractivity contribution in [3.8, 4) is 11.8 Å². The Labute approximate surface area is 183 Å². The third-order valence-electron chi connectivity index (χ3n) is 4.43. The normalized spacial score (nSPS) is 10.7. The molecule has 3 rings (SSSR count). The Morgan fingerprint density at radius 2 is 1.69 bits per heavy atom. The van der Waals surface area contributed by atoms with Gasteiger partial charge in [-0.2, -0.15) is 0 Å². The van der Waals surface area contributed by atoms with Crippen molar-refractivity contribution in [2.24, 2.45) is 0 Å². The summed E-state index contributed by atoms with van der Waals surface area (Å²) in [7, 11) is -2.72. The fraction of sp³-hybridized carbons (Fsp3) is 0.0870. The highest BCUT2D eigenvalue weighted by atomic mass is 32.2. The van der Waals surface area contributed by atoms with Crippen LogP contribution in [-0.2, 0) is 20.3 Å². The van der Waals surface area contributed by atoms with Crippen LogP contribution in [0.1, 0.15) is 27.0 Å². The molecular weight excluding hydrogens is 437 g/mol. The monoisotopic (exact) mass is 453 g/mol. The van der Waals surface area contributed by atoms with E-state index < -0.39 is 32.3 Å². The number of esters is 1. The van der Waals surface area contributed by atoms with E-state index in [4.69, 9.17) is 0 Å². The molecule has 32 heavy (non-hydrogen) atoms. The van der Waals surface area contributed by atoms with E-state index in [1.165, 1.54) is 73.8 Å². The van der Waals surface area contributed by atoms with Crippen molar-refractivity contribution >= 4 is 21.5 Å². The van der Waals surface area contributed by atoms with Crippen LogP contribution in [0.3, 0.4) is 0 Å². The molecule has 162 valence electrons. The Bertz CT molecular complexity index is 1340. The van der Waals surface area contributed by atoms with Crippen molar-refractivity contribution in [3.05, 3.63) is 105 Å². The smallest absolute Gasteiger partial charge is 0.337 e. The van der Waals surface area contributed by atoms with Gasteiger partial charge in [-0.1, -0.05) is 24.0 Å². The lowest BCUT2D eigenvalue weighted by atomic mass is 10.1. The number of nitrogens with zero attached hydrogens (tertiary/aromatic N) is 1. The Morgan fingerprint density at radius 1 is 1.03 bits per heavy atom. The molecule has 0 radical (unpaired) electrons. The average molecular weight is 453 g/mol. The van der Waals surface area contributed by atoms with Crippen LogP contribution in [0.15, 0.2) is 71.6 Å². The van der Waals surface area contributed by atoms with E-state index in [0.717, 1.165) is 0 Å². The van der Waals surface area contributed by atoms with Crippen LogP contribution in [0.25, 0.3) is 0 Å². The fourth-order valence-corrected chi connectivity index (χ4v) is 4.33. The van der Waals surface area contributed by atoms with Gasteiger partial charge in [0, 0.05) is 23.3 Å². The number of benzene rings is 3. The van der Waals surface area contributed by atoms with Crippen molar-refractivity contribution in [3.63, 3.8) is 0 Å². The predicted molar refractivity (Wildman–Crippen MR) is 114 cm³/mol. The second kappa shape index (κ2) is 9.41. The summed E-state index contributed by atoms with van der Waals surface area (Å²) in [6.45, 7) is 0.